The lowest BCUT2D eigenvalue weighted by atomic mass is 10.0. The SMILES string of the molecule is COc1ccc(C(Cl)c2ccc(C)cc2Br)c(F)c1. The Morgan fingerprint density at radius 2 is 1.84 bits per heavy atom. The number of hydrogen-bond donors (Lipinski definition) is 0. The van der Waals surface area contributed by atoms with Crippen molar-refractivity contribution >= 4 is 27.5 Å². The summed E-state index contributed by atoms with van der Waals surface area (Å²) in [5.41, 5.74) is 2.40. The monoisotopic (exact) mass is 342 g/mol. The summed E-state index contributed by atoms with van der Waals surface area (Å²) in [6.07, 6.45) is 0. The maximum Gasteiger partial charge on any atom is 0.131 e. The normalized spacial score (nSPS) is 12.3. The molecule has 2 aromatic rings. The number of alkyl halides is 1. The first-order valence-corrected chi connectivity index (χ1v) is 6.99. The van der Waals surface area contributed by atoms with Gasteiger partial charge in [-0.15, -0.1) is 11.6 Å². The number of benzene rings is 2. The Kier molecular flexibility index (Phi) is 4.48. The van der Waals surface area contributed by atoms with Crippen molar-refractivity contribution in [3.63, 3.8) is 0 Å². The Morgan fingerprint density at radius 3 is 2.42 bits per heavy atom. The molecule has 0 fully saturated rings. The van der Waals surface area contributed by atoms with Crippen molar-refractivity contribution in [1.29, 1.82) is 0 Å². The van der Waals surface area contributed by atoms with Crippen LogP contribution in [0.25, 0.3) is 0 Å². The maximum absolute atomic E-state index is 14.0. The average molecular weight is 344 g/mol. The third kappa shape index (κ3) is 3.10. The molecule has 2 aromatic carbocycles. The number of methoxy groups -OCH3 is 1. The summed E-state index contributed by atoms with van der Waals surface area (Å²) in [7, 11) is 1.50. The van der Waals surface area contributed by atoms with Crippen molar-refractivity contribution in [3.8, 4) is 5.75 Å². The van der Waals surface area contributed by atoms with Crippen LogP contribution in [0.3, 0.4) is 0 Å². The molecule has 0 saturated heterocycles. The Balaban J connectivity index is 2.41. The fourth-order valence-electron chi connectivity index (χ4n) is 1.85. The van der Waals surface area contributed by atoms with Crippen LogP contribution < -0.4 is 4.74 Å². The first kappa shape index (κ1) is 14.4. The smallest absolute Gasteiger partial charge is 0.131 e. The largest absolute Gasteiger partial charge is 0.497 e. The number of aryl methyl sites for hydroxylation is 1. The van der Waals surface area contributed by atoms with Gasteiger partial charge >= 0.3 is 0 Å². The van der Waals surface area contributed by atoms with Crippen molar-refractivity contribution < 1.29 is 9.13 Å². The van der Waals surface area contributed by atoms with E-state index in [0.717, 1.165) is 15.6 Å². The third-order valence-electron chi connectivity index (χ3n) is 2.91. The summed E-state index contributed by atoms with van der Waals surface area (Å²) in [4.78, 5) is 0. The van der Waals surface area contributed by atoms with Crippen LogP contribution in [0.5, 0.6) is 5.75 Å². The van der Waals surface area contributed by atoms with Crippen LogP contribution in [0.1, 0.15) is 22.1 Å². The van der Waals surface area contributed by atoms with Crippen molar-refractivity contribution in [2.75, 3.05) is 7.11 Å². The molecule has 0 heterocycles. The van der Waals surface area contributed by atoms with Gasteiger partial charge in [0.05, 0.1) is 12.5 Å². The molecule has 0 bridgehead atoms. The molecule has 0 spiro atoms. The number of rotatable bonds is 3. The summed E-state index contributed by atoms with van der Waals surface area (Å²) in [5.74, 6) is 0.111. The minimum atomic E-state index is -0.541. The average Bonchev–Trinajstić information content (AvgIpc) is 2.37. The van der Waals surface area contributed by atoms with Crippen molar-refractivity contribution in [2.24, 2.45) is 0 Å². The van der Waals surface area contributed by atoms with Crippen molar-refractivity contribution in [1.82, 2.24) is 0 Å². The van der Waals surface area contributed by atoms with E-state index < -0.39 is 5.38 Å². The van der Waals surface area contributed by atoms with Gasteiger partial charge in [-0.2, -0.15) is 0 Å². The van der Waals surface area contributed by atoms with Gasteiger partial charge in [0.2, 0.25) is 0 Å². The molecule has 4 heteroatoms. The molecule has 2 rings (SSSR count). The molecule has 0 aliphatic heterocycles. The molecule has 0 aliphatic rings. The molecular weight excluding hydrogens is 331 g/mol. The van der Waals surface area contributed by atoms with E-state index in [1.807, 2.05) is 25.1 Å². The summed E-state index contributed by atoms with van der Waals surface area (Å²) in [6, 6.07) is 10.5. The predicted molar refractivity (Wildman–Crippen MR) is 79.5 cm³/mol. The van der Waals surface area contributed by atoms with Crippen LogP contribution in [0.15, 0.2) is 40.9 Å². The molecule has 19 heavy (non-hydrogen) atoms. The maximum atomic E-state index is 14.0. The van der Waals surface area contributed by atoms with Gasteiger partial charge in [0.1, 0.15) is 11.6 Å². The lowest BCUT2D eigenvalue weighted by Crippen LogP contribution is -1.99. The molecule has 0 N–H and O–H groups in total. The third-order valence-corrected chi connectivity index (χ3v) is 4.07. The molecule has 1 atom stereocenters. The Hall–Kier alpha value is -1.06. The molecule has 0 aromatic heterocycles. The second-order valence-electron chi connectivity index (χ2n) is 4.27. The number of halogens is 3. The van der Waals surface area contributed by atoms with E-state index in [1.54, 1.807) is 12.1 Å². The Labute approximate surface area is 125 Å². The summed E-state index contributed by atoms with van der Waals surface area (Å²) in [5, 5.41) is -0.541. The second kappa shape index (κ2) is 5.93. The zero-order valence-electron chi connectivity index (χ0n) is 10.6. The van der Waals surface area contributed by atoms with Crippen LogP contribution in [0, 0.1) is 12.7 Å². The highest BCUT2D eigenvalue weighted by Gasteiger charge is 2.18. The highest BCUT2D eigenvalue weighted by molar-refractivity contribution is 9.10. The quantitative estimate of drug-likeness (QED) is 0.693. The fourth-order valence-corrected chi connectivity index (χ4v) is 3.07. The molecule has 0 amide bonds. The summed E-state index contributed by atoms with van der Waals surface area (Å²) < 4.78 is 19.9. The summed E-state index contributed by atoms with van der Waals surface area (Å²) in [6.45, 7) is 1.99. The Morgan fingerprint density at radius 1 is 1.16 bits per heavy atom. The summed E-state index contributed by atoms with van der Waals surface area (Å²) >= 11 is 9.85. The molecule has 0 radical (unpaired) electrons. The molecule has 1 nitrogen and oxygen atoms in total. The molecule has 100 valence electrons. The number of ether oxygens (including phenoxy) is 1. The van der Waals surface area contributed by atoms with Crippen LogP contribution in [0.2, 0.25) is 0 Å². The standard InChI is InChI=1S/C15H13BrClFO/c1-9-3-5-11(13(16)7-9)15(17)12-6-4-10(19-2)8-14(12)18/h3-8,15H,1-2H3. The second-order valence-corrected chi connectivity index (χ2v) is 5.57. The van der Waals surface area contributed by atoms with Crippen LogP contribution in [-0.4, -0.2) is 7.11 Å². The van der Waals surface area contributed by atoms with Gasteiger partial charge in [-0.1, -0.05) is 34.1 Å². The first-order valence-electron chi connectivity index (χ1n) is 5.76. The van der Waals surface area contributed by atoms with E-state index in [9.17, 15) is 4.39 Å². The lowest BCUT2D eigenvalue weighted by Gasteiger charge is -2.14. The van der Waals surface area contributed by atoms with Crippen LogP contribution in [-0.2, 0) is 0 Å². The fraction of sp³-hybridized carbons (Fsp3) is 0.200. The van der Waals surface area contributed by atoms with E-state index >= 15 is 0 Å². The van der Waals surface area contributed by atoms with Gasteiger partial charge < -0.3 is 4.74 Å². The number of hydrogen-bond acceptors (Lipinski definition) is 1. The first-order chi connectivity index (χ1) is 9.02. The lowest BCUT2D eigenvalue weighted by molar-refractivity contribution is 0.410. The Bertz CT molecular complexity index is 601. The van der Waals surface area contributed by atoms with Gasteiger partial charge in [-0.05, 0) is 30.2 Å². The van der Waals surface area contributed by atoms with Crippen LogP contribution >= 0.6 is 27.5 Å². The van der Waals surface area contributed by atoms with E-state index in [4.69, 9.17) is 16.3 Å². The van der Waals surface area contributed by atoms with E-state index in [-0.39, 0.29) is 5.82 Å². The van der Waals surface area contributed by atoms with Crippen LogP contribution in [0.4, 0.5) is 4.39 Å². The molecular formula is C15H13BrClFO. The highest BCUT2D eigenvalue weighted by atomic mass is 79.9. The zero-order valence-corrected chi connectivity index (χ0v) is 12.9. The van der Waals surface area contributed by atoms with Gasteiger partial charge in [0, 0.05) is 16.1 Å². The van der Waals surface area contributed by atoms with E-state index in [1.165, 1.54) is 13.2 Å². The van der Waals surface area contributed by atoms with E-state index in [2.05, 4.69) is 15.9 Å². The van der Waals surface area contributed by atoms with Gasteiger partial charge in [0.15, 0.2) is 0 Å². The predicted octanol–water partition coefficient (Wildman–Crippen LogP) is 5.23. The van der Waals surface area contributed by atoms with Crippen molar-refractivity contribution in [3.05, 3.63) is 63.4 Å². The van der Waals surface area contributed by atoms with Gasteiger partial charge in [-0.25, -0.2) is 4.39 Å². The van der Waals surface area contributed by atoms with Gasteiger partial charge in [-0.3, -0.25) is 0 Å². The highest BCUT2D eigenvalue weighted by Crippen LogP contribution is 2.36. The minimum absolute atomic E-state index is 0.369. The molecule has 0 saturated carbocycles. The zero-order chi connectivity index (χ0) is 14.0. The minimum Gasteiger partial charge on any atom is -0.497 e. The molecule has 1 unspecified atom stereocenters. The topological polar surface area (TPSA) is 9.23 Å². The van der Waals surface area contributed by atoms with Gasteiger partial charge in [0.25, 0.3) is 0 Å². The van der Waals surface area contributed by atoms with Crippen molar-refractivity contribution in [2.45, 2.75) is 12.3 Å². The molecule has 0 aliphatic carbocycles. The van der Waals surface area contributed by atoms with E-state index in [0.29, 0.717) is 11.3 Å².